The highest BCUT2D eigenvalue weighted by Gasteiger charge is 2.33. The molecule has 0 bridgehead atoms. The molecule has 0 aromatic heterocycles. The maximum absolute atomic E-state index is 12.4. The van der Waals surface area contributed by atoms with Gasteiger partial charge in [-0.05, 0) is 36.3 Å². The Morgan fingerprint density at radius 2 is 1.92 bits per heavy atom. The number of hydrogen-bond donors (Lipinski definition) is 1. The third-order valence-electron chi connectivity index (χ3n) is 5.47. The topological polar surface area (TPSA) is 41.6 Å². The van der Waals surface area contributed by atoms with E-state index in [9.17, 15) is 4.79 Å². The van der Waals surface area contributed by atoms with Gasteiger partial charge in [0.15, 0.2) is 0 Å². The molecule has 1 saturated carbocycles. The number of hydrogen-bond acceptors (Lipinski definition) is 3. The van der Waals surface area contributed by atoms with Gasteiger partial charge in [-0.1, -0.05) is 38.1 Å². The first-order valence-electron chi connectivity index (χ1n) is 9.37. The molecule has 3 rings (SSSR count). The van der Waals surface area contributed by atoms with Crippen LogP contribution >= 0.6 is 0 Å². The van der Waals surface area contributed by atoms with Crippen LogP contribution in [0.5, 0.6) is 0 Å². The quantitative estimate of drug-likeness (QED) is 0.836. The molecule has 24 heavy (non-hydrogen) atoms. The predicted octanol–water partition coefficient (Wildman–Crippen LogP) is 2.78. The zero-order valence-corrected chi connectivity index (χ0v) is 15.0. The van der Waals surface area contributed by atoms with Gasteiger partial charge in [-0.3, -0.25) is 9.69 Å². The predicted molar refractivity (Wildman–Crippen MR) is 95.9 cm³/mol. The fraction of sp³-hybridized carbons (Fsp3) is 0.650. The maximum atomic E-state index is 12.4. The fourth-order valence-electron chi connectivity index (χ4n) is 3.49. The molecule has 1 aliphatic carbocycles. The summed E-state index contributed by atoms with van der Waals surface area (Å²) in [6.45, 7) is 8.32. The Morgan fingerprint density at radius 3 is 2.50 bits per heavy atom. The van der Waals surface area contributed by atoms with Crippen LogP contribution in [0.3, 0.4) is 0 Å². The summed E-state index contributed by atoms with van der Waals surface area (Å²) in [4.78, 5) is 14.8. The highest BCUT2D eigenvalue weighted by Crippen LogP contribution is 2.36. The van der Waals surface area contributed by atoms with Gasteiger partial charge in [0.2, 0.25) is 5.91 Å². The smallest absolute Gasteiger partial charge is 0.223 e. The maximum Gasteiger partial charge on any atom is 0.223 e. The molecular weight excluding hydrogens is 300 g/mol. The largest absolute Gasteiger partial charge is 0.379 e. The van der Waals surface area contributed by atoms with Crippen molar-refractivity contribution >= 4 is 5.91 Å². The third kappa shape index (κ3) is 4.37. The number of carbonyl (C=O) groups is 1. The molecule has 2 atom stereocenters. The van der Waals surface area contributed by atoms with E-state index >= 15 is 0 Å². The Kier molecular flexibility index (Phi) is 5.90. The molecule has 2 fully saturated rings. The van der Waals surface area contributed by atoms with Crippen molar-refractivity contribution in [1.82, 2.24) is 10.2 Å². The number of nitrogens with zero attached hydrogens (tertiary/aromatic N) is 1. The minimum absolute atomic E-state index is 0.151. The standard InChI is InChI=1S/C20H30N2O2/c1-3-16-4-6-18(7-5-16)19(22-10-12-24-13-11-22)14-21-20(23)15(2)17-8-9-17/h4-7,15,17,19H,3,8-14H2,1-2H3,(H,21,23). The molecule has 4 nitrogen and oxygen atoms in total. The van der Waals surface area contributed by atoms with E-state index in [0.717, 1.165) is 32.7 Å². The van der Waals surface area contributed by atoms with Crippen LogP contribution in [0.4, 0.5) is 0 Å². The molecule has 0 radical (unpaired) electrons. The zero-order chi connectivity index (χ0) is 16.9. The van der Waals surface area contributed by atoms with E-state index in [2.05, 4.69) is 48.3 Å². The number of nitrogens with one attached hydrogen (secondary N) is 1. The van der Waals surface area contributed by atoms with Crippen molar-refractivity contribution in [3.8, 4) is 0 Å². The lowest BCUT2D eigenvalue weighted by molar-refractivity contribution is -0.125. The van der Waals surface area contributed by atoms with Crippen LogP contribution in [0.1, 0.15) is 43.9 Å². The second-order valence-corrected chi connectivity index (χ2v) is 7.13. The van der Waals surface area contributed by atoms with Crippen molar-refractivity contribution in [1.29, 1.82) is 0 Å². The van der Waals surface area contributed by atoms with Crippen molar-refractivity contribution in [2.75, 3.05) is 32.8 Å². The summed E-state index contributed by atoms with van der Waals surface area (Å²) < 4.78 is 5.50. The average molecular weight is 330 g/mol. The average Bonchev–Trinajstić information content (AvgIpc) is 3.47. The van der Waals surface area contributed by atoms with E-state index in [-0.39, 0.29) is 17.9 Å². The Morgan fingerprint density at radius 1 is 1.25 bits per heavy atom. The fourth-order valence-corrected chi connectivity index (χ4v) is 3.49. The third-order valence-corrected chi connectivity index (χ3v) is 5.47. The van der Waals surface area contributed by atoms with E-state index in [4.69, 9.17) is 4.74 Å². The minimum atomic E-state index is 0.151. The number of aryl methyl sites for hydroxylation is 1. The summed E-state index contributed by atoms with van der Waals surface area (Å²) in [5.41, 5.74) is 2.64. The normalized spacial score (nSPS) is 21.2. The molecular formula is C20H30N2O2. The lowest BCUT2D eigenvalue weighted by Crippen LogP contribution is -2.44. The van der Waals surface area contributed by atoms with Gasteiger partial charge in [-0.2, -0.15) is 0 Å². The van der Waals surface area contributed by atoms with Gasteiger partial charge < -0.3 is 10.1 Å². The number of morpholine rings is 1. The van der Waals surface area contributed by atoms with Crippen molar-refractivity contribution < 1.29 is 9.53 Å². The Balaban J connectivity index is 1.67. The van der Waals surface area contributed by atoms with Crippen molar-refractivity contribution in [2.45, 2.75) is 39.2 Å². The van der Waals surface area contributed by atoms with Gasteiger partial charge >= 0.3 is 0 Å². The zero-order valence-electron chi connectivity index (χ0n) is 15.0. The first-order valence-corrected chi connectivity index (χ1v) is 9.37. The molecule has 0 spiro atoms. The van der Waals surface area contributed by atoms with E-state index in [0.29, 0.717) is 12.5 Å². The SMILES string of the molecule is CCc1ccc(C(CNC(=O)C(C)C2CC2)N2CCOCC2)cc1. The van der Waals surface area contributed by atoms with Gasteiger partial charge in [0.1, 0.15) is 0 Å². The van der Waals surface area contributed by atoms with Crippen LogP contribution in [0.2, 0.25) is 0 Å². The molecule has 4 heteroatoms. The van der Waals surface area contributed by atoms with Crippen LogP contribution in [0.15, 0.2) is 24.3 Å². The van der Waals surface area contributed by atoms with Crippen LogP contribution in [0, 0.1) is 11.8 Å². The first-order chi connectivity index (χ1) is 11.7. The molecule has 1 saturated heterocycles. The summed E-state index contributed by atoms with van der Waals surface area (Å²) >= 11 is 0. The lowest BCUT2D eigenvalue weighted by atomic mass is 10.0. The highest BCUT2D eigenvalue weighted by molar-refractivity contribution is 5.78. The van der Waals surface area contributed by atoms with E-state index in [1.54, 1.807) is 0 Å². The van der Waals surface area contributed by atoms with E-state index in [1.807, 2.05) is 0 Å². The van der Waals surface area contributed by atoms with Crippen molar-refractivity contribution in [2.24, 2.45) is 11.8 Å². The number of amides is 1. The summed E-state index contributed by atoms with van der Waals surface area (Å²) in [7, 11) is 0. The Bertz CT molecular complexity index is 533. The van der Waals surface area contributed by atoms with E-state index < -0.39 is 0 Å². The molecule has 1 N–H and O–H groups in total. The van der Waals surface area contributed by atoms with Crippen LogP contribution in [0.25, 0.3) is 0 Å². The first kappa shape index (κ1) is 17.4. The van der Waals surface area contributed by atoms with Gasteiger partial charge in [0.05, 0.1) is 19.3 Å². The van der Waals surface area contributed by atoms with Gasteiger partial charge in [0, 0.05) is 25.6 Å². The van der Waals surface area contributed by atoms with Crippen LogP contribution in [-0.2, 0) is 16.0 Å². The molecule has 1 amide bonds. The lowest BCUT2D eigenvalue weighted by Gasteiger charge is -2.35. The second-order valence-electron chi connectivity index (χ2n) is 7.13. The number of rotatable bonds is 7. The number of carbonyl (C=O) groups excluding carboxylic acids is 1. The summed E-state index contributed by atoms with van der Waals surface area (Å²) in [6, 6.07) is 9.08. The van der Waals surface area contributed by atoms with E-state index in [1.165, 1.54) is 24.0 Å². The summed E-state index contributed by atoms with van der Waals surface area (Å²) in [6.07, 6.45) is 3.47. The number of ether oxygens (including phenoxy) is 1. The Hall–Kier alpha value is -1.39. The Labute approximate surface area is 145 Å². The molecule has 2 unspecified atom stereocenters. The monoisotopic (exact) mass is 330 g/mol. The number of benzene rings is 1. The molecule has 1 heterocycles. The van der Waals surface area contributed by atoms with Gasteiger partial charge in [-0.15, -0.1) is 0 Å². The molecule has 1 aromatic carbocycles. The van der Waals surface area contributed by atoms with Crippen molar-refractivity contribution in [3.63, 3.8) is 0 Å². The molecule has 2 aliphatic rings. The minimum Gasteiger partial charge on any atom is -0.379 e. The summed E-state index contributed by atoms with van der Waals surface area (Å²) in [5, 5.41) is 3.21. The molecule has 132 valence electrons. The highest BCUT2D eigenvalue weighted by atomic mass is 16.5. The van der Waals surface area contributed by atoms with Gasteiger partial charge in [0.25, 0.3) is 0 Å². The van der Waals surface area contributed by atoms with Crippen LogP contribution < -0.4 is 5.32 Å². The molecule has 1 aromatic rings. The van der Waals surface area contributed by atoms with Crippen LogP contribution in [-0.4, -0.2) is 43.7 Å². The second kappa shape index (κ2) is 8.13. The van der Waals surface area contributed by atoms with Crippen molar-refractivity contribution in [3.05, 3.63) is 35.4 Å². The van der Waals surface area contributed by atoms with Gasteiger partial charge in [-0.25, -0.2) is 0 Å². The molecule has 1 aliphatic heterocycles. The summed E-state index contributed by atoms with van der Waals surface area (Å²) in [5.74, 6) is 0.967.